The van der Waals surface area contributed by atoms with Gasteiger partial charge in [0.05, 0.1) is 33.4 Å². The minimum atomic E-state index is -0.491. The smallest absolute Gasteiger partial charge is 0.252 e. The van der Waals surface area contributed by atoms with Crippen LogP contribution < -0.4 is 26.2 Å². The van der Waals surface area contributed by atoms with Crippen LogP contribution in [0.5, 0.6) is 0 Å². The first-order valence-corrected chi connectivity index (χ1v) is 33.9. The first-order chi connectivity index (χ1) is 49.1. The molecule has 3 nitrogen and oxygen atoms in total. The normalized spacial score (nSPS) is 14.5. The lowest BCUT2D eigenvalue weighted by molar-refractivity contribution is 0.569. The third kappa shape index (κ3) is 10.8. The summed E-state index contributed by atoms with van der Waals surface area (Å²) < 4.78 is 77.0. The van der Waals surface area contributed by atoms with Gasteiger partial charge in [0, 0.05) is 61.5 Å². The van der Waals surface area contributed by atoms with Crippen molar-refractivity contribution in [3.8, 4) is 61.3 Å². The van der Waals surface area contributed by atoms with Crippen LogP contribution in [0.3, 0.4) is 0 Å². The fourth-order valence-electron chi connectivity index (χ4n) is 14.5. The van der Waals surface area contributed by atoms with Crippen molar-refractivity contribution in [1.29, 1.82) is 0 Å². The zero-order chi connectivity index (χ0) is 73.9. The molecule has 0 aliphatic carbocycles. The van der Waals surface area contributed by atoms with E-state index in [0.29, 0.717) is 5.69 Å². The summed E-state index contributed by atoms with van der Waals surface area (Å²) in [5.74, 6) is 0. The van der Waals surface area contributed by atoms with E-state index in [2.05, 4.69) is 320 Å². The predicted octanol–water partition coefficient (Wildman–Crippen LogP) is 23.7. The van der Waals surface area contributed by atoms with Gasteiger partial charge in [-0.25, -0.2) is 0 Å². The molecule has 1 aromatic heterocycles. The number of hydrogen-bond acceptors (Lipinski definition) is 2. The van der Waals surface area contributed by atoms with Gasteiger partial charge in [0.25, 0.3) is 6.71 Å². The molecular formula is C92H88BN3. The lowest BCUT2D eigenvalue weighted by Crippen LogP contribution is -2.61. The number of nitrogens with zero attached hydrogens (tertiary/aromatic N) is 3. The van der Waals surface area contributed by atoms with Crippen molar-refractivity contribution in [2.75, 3.05) is 9.80 Å². The quantitative estimate of drug-likeness (QED) is 0.141. The molecule has 0 spiro atoms. The van der Waals surface area contributed by atoms with E-state index in [4.69, 9.17) is 2.74 Å². The highest BCUT2D eigenvalue weighted by Gasteiger charge is 2.47. The average Bonchev–Trinajstić information content (AvgIpc) is 0.909. The van der Waals surface area contributed by atoms with Crippen molar-refractivity contribution < 1.29 is 11.0 Å². The molecular weight excluding hydrogens is 1160 g/mol. The van der Waals surface area contributed by atoms with E-state index in [-0.39, 0.29) is 67.6 Å². The lowest BCUT2D eigenvalue weighted by atomic mass is 9.33. The van der Waals surface area contributed by atoms with Crippen LogP contribution in [0.25, 0.3) is 83.1 Å². The molecule has 0 saturated carbocycles. The molecule has 0 N–H and O–H groups in total. The maximum absolute atomic E-state index is 9.82. The molecule has 15 rings (SSSR count). The third-order valence-electron chi connectivity index (χ3n) is 19.9. The maximum atomic E-state index is 9.82. The molecule has 0 atom stereocenters. The average molecular weight is 1250 g/mol. The highest BCUT2D eigenvalue weighted by atomic mass is 15.2. The summed E-state index contributed by atoms with van der Waals surface area (Å²) in [5.41, 5.74) is 24.5. The van der Waals surface area contributed by atoms with Gasteiger partial charge in [-0.1, -0.05) is 298 Å². The van der Waals surface area contributed by atoms with Gasteiger partial charge < -0.3 is 14.4 Å². The molecule has 12 aromatic carbocycles. The van der Waals surface area contributed by atoms with E-state index in [9.17, 15) is 8.22 Å². The van der Waals surface area contributed by atoms with Crippen LogP contribution in [0.4, 0.5) is 34.1 Å². The largest absolute Gasteiger partial charge is 0.310 e. The Morgan fingerprint density at radius 1 is 0.292 bits per heavy atom. The summed E-state index contributed by atoms with van der Waals surface area (Å²) >= 11 is 0. The molecule has 474 valence electrons. The summed E-state index contributed by atoms with van der Waals surface area (Å²) in [7, 11) is 0. The summed E-state index contributed by atoms with van der Waals surface area (Å²) in [5, 5.41) is 0.0424. The van der Waals surface area contributed by atoms with E-state index in [1.54, 1.807) is 4.57 Å². The Morgan fingerprint density at radius 2 is 0.625 bits per heavy atom. The van der Waals surface area contributed by atoms with Crippen molar-refractivity contribution in [3.05, 3.63) is 288 Å². The standard InChI is InChI=1S/C92H88BN3/c1-88(2,3)65-48-64(49-66(51-65)89(4,5)6)63-44-46-77-81(50-63)95(86-73(59-32-20-16-21-33-59)52-67(90(7,8)9)53-74(86)60-34-22-17-23-35-60)83-56-69(92(13,14)15)57-84-85(83)93(77)78-47-45-70(94-79-42-30-28-40-71(79)72-41-29-31-43-80(72)94)58-82(78)96(84)87-75(61-36-24-18-25-37-61)54-68(91(10,11)12)55-76(87)62-38-26-19-27-39-62/h16-58H,1-15H3/i28D,29D,30D,31D,40D,41D,42D,43D. The van der Waals surface area contributed by atoms with Crippen molar-refractivity contribution in [3.63, 3.8) is 0 Å². The molecule has 0 fully saturated rings. The fraction of sp³-hybridized carbons (Fsp3) is 0.217. The van der Waals surface area contributed by atoms with Crippen molar-refractivity contribution in [2.24, 2.45) is 0 Å². The topological polar surface area (TPSA) is 11.4 Å². The monoisotopic (exact) mass is 1250 g/mol. The number of hydrogen-bond donors (Lipinski definition) is 0. The van der Waals surface area contributed by atoms with E-state index >= 15 is 0 Å². The van der Waals surface area contributed by atoms with Gasteiger partial charge in [0.1, 0.15) is 0 Å². The van der Waals surface area contributed by atoms with Gasteiger partial charge in [-0.2, -0.15) is 0 Å². The van der Waals surface area contributed by atoms with Crippen LogP contribution in [0, 0.1) is 0 Å². The molecule has 0 amide bonds. The SMILES string of the molecule is [2H]c1c([2H])c([2H])c2c(c1[2H])c1c([2H])c([2H])c([2H])c([2H])c1n2-c1ccc2c(c1)N(c1c(-c3ccccc3)cc(C(C)(C)C)cc1-c1ccccc1)c1cc(C(C)(C)C)cc3c1B2c1ccc(-c2cc(C(C)(C)C)cc(C(C)(C)C)c2)cc1N3c1c(-c2ccccc2)cc(C(C)(C)C)cc1-c1ccccc1. The molecule has 3 heterocycles. The van der Waals surface area contributed by atoms with E-state index in [1.807, 2.05) is 6.07 Å². The number of aromatic nitrogens is 1. The number of anilines is 6. The van der Waals surface area contributed by atoms with Crippen molar-refractivity contribution in [2.45, 2.75) is 131 Å². The van der Waals surface area contributed by atoms with Gasteiger partial charge in [-0.3, -0.25) is 0 Å². The molecule has 4 heteroatoms. The Balaban J connectivity index is 1.18. The maximum Gasteiger partial charge on any atom is 0.252 e. The minimum absolute atomic E-state index is 0.0212. The molecule has 0 unspecified atom stereocenters. The van der Waals surface area contributed by atoms with Crippen molar-refractivity contribution in [1.82, 2.24) is 4.57 Å². The summed E-state index contributed by atoms with van der Waals surface area (Å²) in [6.45, 7) is 33.9. The van der Waals surface area contributed by atoms with Gasteiger partial charge in [0.2, 0.25) is 0 Å². The zero-order valence-corrected chi connectivity index (χ0v) is 58.1. The summed E-state index contributed by atoms with van der Waals surface area (Å²) in [6.07, 6.45) is 0. The second kappa shape index (κ2) is 22.9. The molecule has 2 aliphatic rings. The summed E-state index contributed by atoms with van der Waals surface area (Å²) in [6, 6.07) is 74.7. The Morgan fingerprint density at radius 3 is 1.00 bits per heavy atom. The van der Waals surface area contributed by atoms with Crippen LogP contribution in [-0.4, -0.2) is 11.3 Å². The zero-order valence-electron chi connectivity index (χ0n) is 66.1. The van der Waals surface area contributed by atoms with Gasteiger partial charge >= 0.3 is 0 Å². The van der Waals surface area contributed by atoms with Gasteiger partial charge in [-0.05, 0) is 171 Å². The number of benzene rings is 12. The Hall–Kier alpha value is -9.90. The number of rotatable bonds is 8. The van der Waals surface area contributed by atoms with Crippen molar-refractivity contribution >= 4 is 79.0 Å². The van der Waals surface area contributed by atoms with Crippen LogP contribution in [-0.2, 0) is 27.1 Å². The fourth-order valence-corrected chi connectivity index (χ4v) is 14.5. The minimum Gasteiger partial charge on any atom is -0.310 e. The first kappa shape index (κ1) is 53.4. The van der Waals surface area contributed by atoms with Gasteiger partial charge in [0.15, 0.2) is 0 Å². The Bertz CT molecular complexity index is 5440. The Kier molecular flexibility index (Phi) is 12.7. The van der Waals surface area contributed by atoms with Crippen LogP contribution >= 0.6 is 0 Å². The van der Waals surface area contributed by atoms with Crippen LogP contribution in [0.1, 0.15) is 143 Å². The lowest BCUT2D eigenvalue weighted by Gasteiger charge is -2.47. The van der Waals surface area contributed by atoms with Gasteiger partial charge in [-0.15, -0.1) is 0 Å². The molecule has 0 saturated heterocycles. The Labute approximate surface area is 582 Å². The third-order valence-corrected chi connectivity index (χ3v) is 19.9. The number of para-hydroxylation sites is 2. The molecule has 13 aromatic rings. The molecule has 0 bridgehead atoms. The van der Waals surface area contributed by atoms with E-state index < -0.39 is 36.3 Å². The second-order valence-corrected chi connectivity index (χ2v) is 31.7. The highest BCUT2D eigenvalue weighted by molar-refractivity contribution is 7.00. The number of fused-ring (bicyclic) bond motifs is 7. The summed E-state index contributed by atoms with van der Waals surface area (Å²) in [4.78, 5) is 5.09. The molecule has 2 aliphatic heterocycles. The van der Waals surface area contributed by atoms with E-state index in [0.717, 1.165) is 117 Å². The van der Waals surface area contributed by atoms with E-state index in [1.165, 1.54) is 16.7 Å². The second-order valence-electron chi connectivity index (χ2n) is 31.7. The van der Waals surface area contributed by atoms with Crippen LogP contribution in [0.15, 0.2) is 261 Å². The van der Waals surface area contributed by atoms with Crippen LogP contribution in [0.2, 0.25) is 0 Å². The molecule has 0 radical (unpaired) electrons. The first-order valence-electron chi connectivity index (χ1n) is 37.9. The highest BCUT2D eigenvalue weighted by Crippen LogP contribution is 2.56. The molecule has 96 heavy (non-hydrogen) atoms. The predicted molar refractivity (Wildman–Crippen MR) is 415 cm³/mol.